The molecule has 0 aromatic heterocycles. The predicted octanol–water partition coefficient (Wildman–Crippen LogP) is 2.26. The molecule has 2 aliphatic heterocycles. The quantitative estimate of drug-likeness (QED) is 0.771. The lowest BCUT2D eigenvalue weighted by Crippen LogP contribution is -2.40. The van der Waals surface area contributed by atoms with Crippen LogP contribution in [0.3, 0.4) is 0 Å². The monoisotopic (exact) mass is 406 g/mol. The van der Waals surface area contributed by atoms with Gasteiger partial charge in [0.2, 0.25) is 11.8 Å². The number of nitrogens with zero attached hydrogens (tertiary/aromatic N) is 2. The zero-order valence-corrected chi connectivity index (χ0v) is 16.8. The minimum atomic E-state index is -0.291. The Hall–Kier alpha value is -3.35. The van der Waals surface area contributed by atoms with Crippen LogP contribution >= 0.6 is 0 Å². The molecule has 2 N–H and O–H groups in total. The molecule has 0 bridgehead atoms. The van der Waals surface area contributed by atoms with Crippen molar-refractivity contribution in [3.8, 4) is 0 Å². The number of amides is 3. The molecule has 2 aliphatic rings. The van der Waals surface area contributed by atoms with Gasteiger partial charge in [-0.1, -0.05) is 18.2 Å². The first-order valence-corrected chi connectivity index (χ1v) is 10.4. The molecule has 2 aromatic rings. The van der Waals surface area contributed by atoms with Crippen molar-refractivity contribution in [3.05, 3.63) is 60.2 Å². The number of rotatable bonds is 6. The predicted molar refractivity (Wildman–Crippen MR) is 115 cm³/mol. The highest BCUT2D eigenvalue weighted by molar-refractivity contribution is 5.98. The third-order valence-corrected chi connectivity index (χ3v) is 5.60. The average molecular weight is 406 g/mol. The maximum Gasteiger partial charge on any atom is 0.251 e. The van der Waals surface area contributed by atoms with E-state index >= 15 is 0 Å². The Bertz CT molecular complexity index is 914. The van der Waals surface area contributed by atoms with Gasteiger partial charge in [-0.3, -0.25) is 14.4 Å². The Morgan fingerprint density at radius 1 is 1.00 bits per heavy atom. The molecule has 2 saturated heterocycles. The largest absolute Gasteiger partial charge is 0.380 e. The lowest BCUT2D eigenvalue weighted by atomic mass is 10.2. The van der Waals surface area contributed by atoms with E-state index in [2.05, 4.69) is 10.6 Å². The molecule has 1 atom stereocenters. The van der Waals surface area contributed by atoms with Crippen LogP contribution in [0.1, 0.15) is 29.6 Å². The van der Waals surface area contributed by atoms with Crippen LogP contribution in [0.4, 0.5) is 11.4 Å². The van der Waals surface area contributed by atoms with Gasteiger partial charge in [0, 0.05) is 49.0 Å². The summed E-state index contributed by atoms with van der Waals surface area (Å²) in [6.45, 7) is 2.00. The summed E-state index contributed by atoms with van der Waals surface area (Å²) in [6, 6.07) is 17.1. The van der Waals surface area contributed by atoms with Gasteiger partial charge in [0.05, 0.1) is 6.54 Å². The normalized spacial score (nSPS) is 18.5. The van der Waals surface area contributed by atoms with Crippen LogP contribution in [0.25, 0.3) is 0 Å². The number of benzene rings is 2. The number of para-hydroxylation sites is 1. The first-order valence-electron chi connectivity index (χ1n) is 10.4. The smallest absolute Gasteiger partial charge is 0.251 e. The van der Waals surface area contributed by atoms with E-state index in [-0.39, 0.29) is 30.3 Å². The van der Waals surface area contributed by atoms with E-state index in [1.807, 2.05) is 30.3 Å². The van der Waals surface area contributed by atoms with Crippen molar-refractivity contribution in [2.24, 2.45) is 0 Å². The maximum absolute atomic E-state index is 12.5. The van der Waals surface area contributed by atoms with Crippen molar-refractivity contribution in [3.63, 3.8) is 0 Å². The van der Waals surface area contributed by atoms with Gasteiger partial charge < -0.3 is 20.4 Å². The second kappa shape index (κ2) is 8.98. The Balaban J connectivity index is 1.24. The molecule has 1 unspecified atom stereocenters. The van der Waals surface area contributed by atoms with Gasteiger partial charge in [-0.05, 0) is 49.2 Å². The fourth-order valence-corrected chi connectivity index (χ4v) is 3.96. The van der Waals surface area contributed by atoms with Gasteiger partial charge in [-0.25, -0.2) is 0 Å². The van der Waals surface area contributed by atoms with Gasteiger partial charge in [0.1, 0.15) is 0 Å². The summed E-state index contributed by atoms with van der Waals surface area (Å²) in [4.78, 5) is 40.2. The first kappa shape index (κ1) is 19.9. The number of hydrogen-bond acceptors (Lipinski definition) is 4. The summed E-state index contributed by atoms with van der Waals surface area (Å²) < 4.78 is 0. The molecule has 0 spiro atoms. The van der Waals surface area contributed by atoms with E-state index in [1.54, 1.807) is 34.1 Å². The zero-order chi connectivity index (χ0) is 20.9. The lowest BCUT2D eigenvalue weighted by molar-refractivity contribution is -0.129. The Labute approximate surface area is 176 Å². The number of anilines is 2. The third kappa shape index (κ3) is 4.62. The Morgan fingerprint density at radius 3 is 2.47 bits per heavy atom. The number of carbonyl (C=O) groups excluding carboxylic acids is 3. The SMILES string of the molecule is O=C(NCC(=O)N1CCC(Nc2ccccc2)C1)c1ccc(N2CCCC2=O)cc1. The second-order valence-corrected chi connectivity index (χ2v) is 7.71. The van der Waals surface area contributed by atoms with Crippen molar-refractivity contribution >= 4 is 29.1 Å². The molecule has 2 heterocycles. The van der Waals surface area contributed by atoms with E-state index < -0.39 is 0 Å². The summed E-state index contributed by atoms with van der Waals surface area (Å²) in [5, 5.41) is 6.15. The summed E-state index contributed by atoms with van der Waals surface area (Å²) in [6.07, 6.45) is 2.31. The molecule has 2 fully saturated rings. The van der Waals surface area contributed by atoms with Crippen molar-refractivity contribution in [2.75, 3.05) is 36.4 Å². The van der Waals surface area contributed by atoms with Crippen LogP contribution in [-0.4, -0.2) is 54.8 Å². The van der Waals surface area contributed by atoms with Gasteiger partial charge in [0.25, 0.3) is 5.91 Å². The van der Waals surface area contributed by atoms with E-state index in [9.17, 15) is 14.4 Å². The van der Waals surface area contributed by atoms with Crippen LogP contribution in [-0.2, 0) is 9.59 Å². The Kier molecular flexibility index (Phi) is 5.97. The fourth-order valence-electron chi connectivity index (χ4n) is 3.96. The minimum Gasteiger partial charge on any atom is -0.380 e. The highest BCUT2D eigenvalue weighted by atomic mass is 16.2. The van der Waals surface area contributed by atoms with Gasteiger partial charge >= 0.3 is 0 Å². The zero-order valence-electron chi connectivity index (χ0n) is 16.8. The summed E-state index contributed by atoms with van der Waals surface area (Å²) >= 11 is 0. The van der Waals surface area contributed by atoms with Crippen molar-refractivity contribution in [1.82, 2.24) is 10.2 Å². The number of nitrogens with one attached hydrogen (secondary N) is 2. The van der Waals surface area contributed by atoms with E-state index in [4.69, 9.17) is 0 Å². The molecule has 156 valence electrons. The molecular formula is C23H26N4O3. The molecule has 4 rings (SSSR count). The van der Waals surface area contributed by atoms with Crippen LogP contribution in [0.15, 0.2) is 54.6 Å². The minimum absolute atomic E-state index is 0.0246. The topological polar surface area (TPSA) is 81.8 Å². The summed E-state index contributed by atoms with van der Waals surface area (Å²) in [5.41, 5.74) is 2.33. The van der Waals surface area contributed by atoms with Crippen LogP contribution < -0.4 is 15.5 Å². The average Bonchev–Trinajstić information content (AvgIpc) is 3.42. The molecule has 0 saturated carbocycles. The lowest BCUT2D eigenvalue weighted by Gasteiger charge is -2.18. The molecule has 3 amide bonds. The van der Waals surface area contributed by atoms with Crippen molar-refractivity contribution in [2.45, 2.75) is 25.3 Å². The van der Waals surface area contributed by atoms with Gasteiger partial charge in [-0.2, -0.15) is 0 Å². The van der Waals surface area contributed by atoms with Crippen LogP contribution in [0.2, 0.25) is 0 Å². The van der Waals surface area contributed by atoms with E-state index in [0.29, 0.717) is 25.1 Å². The van der Waals surface area contributed by atoms with E-state index in [0.717, 1.165) is 30.8 Å². The van der Waals surface area contributed by atoms with Crippen molar-refractivity contribution in [1.29, 1.82) is 0 Å². The Morgan fingerprint density at radius 2 is 1.77 bits per heavy atom. The van der Waals surface area contributed by atoms with Crippen LogP contribution in [0.5, 0.6) is 0 Å². The van der Waals surface area contributed by atoms with Gasteiger partial charge in [0.15, 0.2) is 0 Å². The summed E-state index contributed by atoms with van der Waals surface area (Å²) in [7, 11) is 0. The molecular weight excluding hydrogens is 380 g/mol. The number of hydrogen-bond donors (Lipinski definition) is 2. The molecule has 2 aromatic carbocycles. The first-order chi connectivity index (χ1) is 14.6. The highest BCUT2D eigenvalue weighted by Crippen LogP contribution is 2.21. The molecule has 0 radical (unpaired) electrons. The highest BCUT2D eigenvalue weighted by Gasteiger charge is 2.26. The molecule has 7 heteroatoms. The van der Waals surface area contributed by atoms with Gasteiger partial charge in [-0.15, -0.1) is 0 Å². The standard InChI is InChI=1S/C23H26N4O3/c28-21-7-4-13-27(21)20-10-8-17(9-11-20)23(30)24-15-22(29)26-14-12-19(16-26)25-18-5-2-1-3-6-18/h1-3,5-6,8-11,19,25H,4,7,12-16H2,(H,24,30). The van der Waals surface area contributed by atoms with Crippen LogP contribution in [0, 0.1) is 0 Å². The second-order valence-electron chi connectivity index (χ2n) is 7.71. The van der Waals surface area contributed by atoms with Crippen molar-refractivity contribution < 1.29 is 14.4 Å². The molecule has 30 heavy (non-hydrogen) atoms. The van der Waals surface area contributed by atoms with E-state index in [1.165, 1.54) is 0 Å². The number of carbonyl (C=O) groups is 3. The fraction of sp³-hybridized carbons (Fsp3) is 0.348. The maximum atomic E-state index is 12.5. The number of likely N-dealkylation sites (tertiary alicyclic amines) is 1. The molecule has 7 nitrogen and oxygen atoms in total. The molecule has 0 aliphatic carbocycles. The third-order valence-electron chi connectivity index (χ3n) is 5.60. The summed E-state index contributed by atoms with van der Waals surface area (Å²) in [5.74, 6) is -0.260.